The lowest BCUT2D eigenvalue weighted by atomic mass is 9.74. The van der Waals surface area contributed by atoms with E-state index in [1.54, 1.807) is 0 Å². The lowest BCUT2D eigenvalue weighted by Gasteiger charge is -2.29. The molecule has 0 saturated heterocycles. The van der Waals surface area contributed by atoms with Crippen molar-refractivity contribution < 1.29 is 9.59 Å². The minimum Gasteiger partial charge on any atom is -0.293 e. The van der Waals surface area contributed by atoms with Crippen LogP contribution in [0.2, 0.25) is 0 Å². The molecule has 0 aromatic heterocycles. The molecule has 3 aliphatic carbocycles. The molecule has 0 spiro atoms. The lowest BCUT2D eigenvalue weighted by Crippen LogP contribution is -2.37. The molecule has 4 unspecified atom stereocenters. The van der Waals surface area contributed by atoms with Crippen LogP contribution >= 0.6 is 23.2 Å². The third kappa shape index (κ3) is 1.07. The molecule has 0 aliphatic heterocycles. The van der Waals surface area contributed by atoms with Gasteiger partial charge in [0, 0.05) is 11.8 Å². The zero-order valence-corrected chi connectivity index (χ0v) is 9.26. The fraction of sp³-hybridized carbons (Fsp3) is 0.455. The Morgan fingerprint density at radius 2 is 1.33 bits per heavy atom. The van der Waals surface area contributed by atoms with E-state index in [0.717, 1.165) is 6.42 Å². The van der Waals surface area contributed by atoms with Gasteiger partial charge in [-0.05, 0) is 18.3 Å². The number of fused-ring (bicyclic) bond motifs is 5. The molecule has 4 atom stereocenters. The van der Waals surface area contributed by atoms with Gasteiger partial charge in [0.15, 0.2) is 11.6 Å². The highest BCUT2D eigenvalue weighted by Crippen LogP contribution is 2.53. The van der Waals surface area contributed by atoms with Crippen LogP contribution in [0.15, 0.2) is 22.2 Å². The first-order valence-corrected chi connectivity index (χ1v) is 5.69. The molecule has 2 nitrogen and oxygen atoms in total. The van der Waals surface area contributed by atoms with E-state index in [0.29, 0.717) is 0 Å². The monoisotopic (exact) mass is 242 g/mol. The Kier molecular flexibility index (Phi) is 1.89. The topological polar surface area (TPSA) is 34.1 Å². The lowest BCUT2D eigenvalue weighted by molar-refractivity contribution is -0.130. The zero-order valence-electron chi connectivity index (χ0n) is 7.74. The summed E-state index contributed by atoms with van der Waals surface area (Å²) in [7, 11) is 0. The molecule has 0 heterocycles. The van der Waals surface area contributed by atoms with Gasteiger partial charge in [-0.2, -0.15) is 0 Å². The van der Waals surface area contributed by atoms with Crippen LogP contribution in [0.5, 0.6) is 0 Å². The Morgan fingerprint density at radius 3 is 1.73 bits per heavy atom. The van der Waals surface area contributed by atoms with E-state index in [4.69, 9.17) is 23.2 Å². The summed E-state index contributed by atoms with van der Waals surface area (Å²) < 4.78 is 0. The Bertz CT molecular complexity index is 398. The van der Waals surface area contributed by atoms with Gasteiger partial charge in [0.05, 0.1) is 0 Å². The number of carbonyl (C=O) groups excluding carboxylic acids is 2. The van der Waals surface area contributed by atoms with E-state index in [-0.39, 0.29) is 45.3 Å². The molecule has 15 heavy (non-hydrogen) atoms. The fourth-order valence-electron chi connectivity index (χ4n) is 3.05. The maximum absolute atomic E-state index is 11.9. The van der Waals surface area contributed by atoms with Gasteiger partial charge in [-0.3, -0.25) is 9.59 Å². The quantitative estimate of drug-likeness (QED) is 0.611. The average Bonchev–Trinajstić information content (AvgIpc) is 2.82. The van der Waals surface area contributed by atoms with Crippen molar-refractivity contribution >= 4 is 34.8 Å². The number of hydrogen-bond donors (Lipinski definition) is 0. The van der Waals surface area contributed by atoms with E-state index in [1.807, 2.05) is 12.2 Å². The number of ketones is 2. The van der Waals surface area contributed by atoms with Crippen LogP contribution in [0.3, 0.4) is 0 Å². The van der Waals surface area contributed by atoms with E-state index in [9.17, 15) is 9.59 Å². The zero-order chi connectivity index (χ0) is 10.7. The highest BCUT2D eigenvalue weighted by Gasteiger charge is 2.55. The van der Waals surface area contributed by atoms with Crippen molar-refractivity contribution in [1.82, 2.24) is 0 Å². The number of allylic oxidation sites excluding steroid dienone is 4. The number of rotatable bonds is 0. The Labute approximate surface area is 96.9 Å². The second-order valence-electron chi connectivity index (χ2n) is 4.36. The second-order valence-corrected chi connectivity index (χ2v) is 5.11. The SMILES string of the molecule is O=C1C(Cl)=C(Cl)C(=O)C2C3C=CC(C3)C12. The van der Waals surface area contributed by atoms with Gasteiger partial charge < -0.3 is 0 Å². The molecule has 1 saturated carbocycles. The molecule has 3 rings (SSSR count). The summed E-state index contributed by atoms with van der Waals surface area (Å²) in [5, 5.41) is -0.132. The predicted octanol–water partition coefficient (Wildman–Crippen LogP) is 2.27. The third-order valence-electron chi connectivity index (χ3n) is 3.69. The smallest absolute Gasteiger partial charge is 0.180 e. The van der Waals surface area contributed by atoms with E-state index in [2.05, 4.69) is 0 Å². The first kappa shape index (κ1) is 9.61. The molecule has 0 radical (unpaired) electrons. The summed E-state index contributed by atoms with van der Waals surface area (Å²) in [6.07, 6.45) is 4.95. The first-order chi connectivity index (χ1) is 7.11. The van der Waals surface area contributed by atoms with Crippen molar-refractivity contribution in [3.8, 4) is 0 Å². The van der Waals surface area contributed by atoms with Crippen LogP contribution in [0, 0.1) is 23.7 Å². The maximum atomic E-state index is 11.9. The minimum absolute atomic E-state index is 0.0659. The molecule has 0 aromatic carbocycles. The van der Waals surface area contributed by atoms with Crippen molar-refractivity contribution in [3.05, 3.63) is 22.2 Å². The van der Waals surface area contributed by atoms with Gasteiger partial charge in [0.1, 0.15) is 10.1 Å². The fourth-order valence-corrected chi connectivity index (χ4v) is 3.48. The highest BCUT2D eigenvalue weighted by atomic mass is 35.5. The van der Waals surface area contributed by atoms with E-state index < -0.39 is 0 Å². The maximum Gasteiger partial charge on any atom is 0.180 e. The summed E-state index contributed by atoms with van der Waals surface area (Å²) in [5.74, 6) is -0.416. The van der Waals surface area contributed by atoms with Crippen molar-refractivity contribution in [2.24, 2.45) is 23.7 Å². The molecule has 0 N–H and O–H groups in total. The Morgan fingerprint density at radius 1 is 0.933 bits per heavy atom. The van der Waals surface area contributed by atoms with E-state index in [1.165, 1.54) is 0 Å². The van der Waals surface area contributed by atoms with Crippen LogP contribution in [-0.2, 0) is 9.59 Å². The summed E-state index contributed by atoms with van der Waals surface area (Å²) in [5.41, 5.74) is 0. The van der Waals surface area contributed by atoms with Gasteiger partial charge in [-0.25, -0.2) is 0 Å². The van der Waals surface area contributed by atoms with Gasteiger partial charge in [0.2, 0.25) is 0 Å². The van der Waals surface area contributed by atoms with Crippen molar-refractivity contribution in [1.29, 1.82) is 0 Å². The van der Waals surface area contributed by atoms with Crippen molar-refractivity contribution in [2.45, 2.75) is 6.42 Å². The van der Waals surface area contributed by atoms with Crippen molar-refractivity contribution in [2.75, 3.05) is 0 Å². The summed E-state index contributed by atoms with van der Waals surface area (Å²) in [4.78, 5) is 23.8. The summed E-state index contributed by atoms with van der Waals surface area (Å²) >= 11 is 11.5. The molecular weight excluding hydrogens is 235 g/mol. The van der Waals surface area contributed by atoms with Crippen LogP contribution in [0.4, 0.5) is 0 Å². The molecule has 2 bridgehead atoms. The van der Waals surface area contributed by atoms with Crippen molar-refractivity contribution in [3.63, 3.8) is 0 Å². The Hall–Kier alpha value is -0.600. The number of carbonyl (C=O) groups is 2. The molecular formula is C11H8Cl2O2. The van der Waals surface area contributed by atoms with E-state index >= 15 is 0 Å². The average molecular weight is 243 g/mol. The van der Waals surface area contributed by atoms with Gasteiger partial charge in [-0.15, -0.1) is 0 Å². The van der Waals surface area contributed by atoms with Crippen LogP contribution in [0.25, 0.3) is 0 Å². The molecule has 1 fully saturated rings. The molecule has 3 aliphatic rings. The van der Waals surface area contributed by atoms with Gasteiger partial charge in [-0.1, -0.05) is 35.4 Å². The minimum atomic E-state index is -0.248. The predicted molar refractivity (Wildman–Crippen MR) is 56.5 cm³/mol. The highest BCUT2D eigenvalue weighted by molar-refractivity contribution is 6.56. The van der Waals surface area contributed by atoms with Gasteiger partial charge in [0.25, 0.3) is 0 Å². The molecule has 78 valence electrons. The third-order valence-corrected chi connectivity index (χ3v) is 4.54. The summed E-state index contributed by atoms with van der Waals surface area (Å²) in [6.45, 7) is 0. The number of hydrogen-bond acceptors (Lipinski definition) is 2. The van der Waals surface area contributed by atoms with Crippen LogP contribution < -0.4 is 0 Å². The van der Waals surface area contributed by atoms with Crippen LogP contribution in [0.1, 0.15) is 6.42 Å². The normalized spacial score (nSPS) is 42.8. The molecule has 0 aromatic rings. The van der Waals surface area contributed by atoms with Crippen LogP contribution in [-0.4, -0.2) is 11.6 Å². The first-order valence-electron chi connectivity index (χ1n) is 4.93. The molecule has 0 amide bonds. The number of halogens is 2. The largest absolute Gasteiger partial charge is 0.293 e. The second kappa shape index (κ2) is 2.96. The number of Topliss-reactive ketones (excluding diaryl/α,β-unsaturated/α-hetero) is 2. The molecule has 4 heteroatoms. The Balaban J connectivity index is 2.13. The standard InChI is InChI=1S/C11H8Cl2O2/c12-8-9(13)11(15)7-5-2-1-4(3-5)6(7)10(8)14/h1-2,4-7H,3H2. The van der Waals surface area contributed by atoms with Gasteiger partial charge >= 0.3 is 0 Å². The summed E-state index contributed by atoms with van der Waals surface area (Å²) in [6, 6.07) is 0.